The zero-order valence-electron chi connectivity index (χ0n) is 9.13. The van der Waals surface area contributed by atoms with Gasteiger partial charge in [0.1, 0.15) is 0 Å². The molecule has 70 valence electrons. The zero-order chi connectivity index (χ0) is 10.8. The van der Waals surface area contributed by atoms with Gasteiger partial charge < -0.3 is 4.74 Å². The van der Waals surface area contributed by atoms with E-state index in [0.717, 1.165) is 5.56 Å². The second kappa shape index (κ2) is 4.08. The summed E-state index contributed by atoms with van der Waals surface area (Å²) in [4.78, 5) is 11.5. The van der Waals surface area contributed by atoms with Crippen LogP contribution in [0.4, 0.5) is 0 Å². The zero-order valence-corrected chi connectivity index (χ0v) is 8.13. The number of carbonyl (C=O) groups excluding carboxylic acids is 1. The fourth-order valence-electron chi connectivity index (χ4n) is 1.04. The molecule has 0 amide bonds. The molecule has 0 heterocycles. The SMILES string of the molecule is [2H]C(C)(C)OC(=O)c1ccccc1C. The maximum atomic E-state index is 11.5. The average molecular weight is 179 g/mol. The van der Waals surface area contributed by atoms with Crippen molar-refractivity contribution in [1.29, 1.82) is 0 Å². The maximum absolute atomic E-state index is 11.5. The van der Waals surface area contributed by atoms with E-state index in [2.05, 4.69) is 0 Å². The average Bonchev–Trinajstić information content (AvgIpc) is 2.01. The van der Waals surface area contributed by atoms with Crippen molar-refractivity contribution in [3.8, 4) is 0 Å². The van der Waals surface area contributed by atoms with Gasteiger partial charge in [-0.15, -0.1) is 0 Å². The number of carbonyl (C=O) groups is 1. The second-order valence-corrected chi connectivity index (χ2v) is 3.11. The van der Waals surface area contributed by atoms with Crippen LogP contribution in [-0.4, -0.2) is 12.0 Å². The molecule has 0 N–H and O–H groups in total. The molecule has 0 atom stereocenters. The van der Waals surface area contributed by atoms with Crippen molar-refractivity contribution >= 4 is 5.97 Å². The summed E-state index contributed by atoms with van der Waals surface area (Å²) < 4.78 is 12.4. The Morgan fingerprint density at radius 3 is 2.62 bits per heavy atom. The summed E-state index contributed by atoms with van der Waals surface area (Å²) in [6.07, 6.45) is -1.18. The number of hydrogen-bond donors (Lipinski definition) is 0. The molecule has 0 saturated heterocycles. The van der Waals surface area contributed by atoms with Gasteiger partial charge in [0.25, 0.3) is 0 Å². The molecule has 0 saturated carbocycles. The molecule has 0 aliphatic carbocycles. The van der Waals surface area contributed by atoms with Crippen LogP contribution in [0.3, 0.4) is 0 Å². The highest BCUT2D eigenvalue weighted by Gasteiger charge is 2.10. The maximum Gasteiger partial charge on any atom is 0.338 e. The van der Waals surface area contributed by atoms with Crippen molar-refractivity contribution < 1.29 is 10.9 Å². The van der Waals surface area contributed by atoms with E-state index in [0.29, 0.717) is 5.56 Å². The first kappa shape index (κ1) is 8.30. The lowest BCUT2D eigenvalue weighted by molar-refractivity contribution is 0.0377. The van der Waals surface area contributed by atoms with Gasteiger partial charge in [-0.3, -0.25) is 0 Å². The lowest BCUT2D eigenvalue weighted by atomic mass is 10.1. The van der Waals surface area contributed by atoms with Crippen LogP contribution >= 0.6 is 0 Å². The highest BCUT2D eigenvalue weighted by molar-refractivity contribution is 5.91. The number of esters is 1. The van der Waals surface area contributed by atoms with Crippen LogP contribution in [0.2, 0.25) is 0 Å². The third kappa shape index (κ3) is 2.58. The van der Waals surface area contributed by atoms with Crippen molar-refractivity contribution in [3.63, 3.8) is 0 Å². The van der Waals surface area contributed by atoms with Gasteiger partial charge in [0, 0.05) is 0 Å². The third-order valence-electron chi connectivity index (χ3n) is 1.66. The fourth-order valence-corrected chi connectivity index (χ4v) is 1.04. The molecule has 0 aromatic heterocycles. The van der Waals surface area contributed by atoms with Crippen molar-refractivity contribution in [2.75, 3.05) is 0 Å². The van der Waals surface area contributed by atoms with E-state index in [1.165, 1.54) is 13.8 Å². The molecule has 0 aliphatic rings. The van der Waals surface area contributed by atoms with Crippen molar-refractivity contribution in [2.45, 2.75) is 26.9 Å². The predicted molar refractivity (Wildman–Crippen MR) is 51.7 cm³/mol. The predicted octanol–water partition coefficient (Wildman–Crippen LogP) is 2.56. The molecule has 0 unspecified atom stereocenters. The molecule has 0 radical (unpaired) electrons. The molecule has 0 bridgehead atoms. The number of rotatable bonds is 2. The van der Waals surface area contributed by atoms with Crippen molar-refractivity contribution in [2.24, 2.45) is 0 Å². The normalized spacial score (nSPS) is 12.1. The second-order valence-electron chi connectivity index (χ2n) is 3.11. The lowest BCUT2D eigenvalue weighted by Crippen LogP contribution is -2.12. The summed E-state index contributed by atoms with van der Waals surface area (Å²) >= 11 is 0. The summed E-state index contributed by atoms with van der Waals surface area (Å²) in [5.74, 6) is -0.442. The van der Waals surface area contributed by atoms with Gasteiger partial charge in [-0.2, -0.15) is 0 Å². The molecule has 13 heavy (non-hydrogen) atoms. The van der Waals surface area contributed by atoms with Gasteiger partial charge in [0.05, 0.1) is 13.0 Å². The summed E-state index contributed by atoms with van der Waals surface area (Å²) in [6, 6.07) is 7.18. The molecule has 0 aliphatic heterocycles. The molecule has 0 spiro atoms. The van der Waals surface area contributed by atoms with Crippen molar-refractivity contribution in [3.05, 3.63) is 35.4 Å². The minimum atomic E-state index is -1.18. The Balaban J connectivity index is 2.86. The third-order valence-corrected chi connectivity index (χ3v) is 1.66. The van der Waals surface area contributed by atoms with Crippen LogP contribution in [0.25, 0.3) is 0 Å². The molecule has 1 aromatic carbocycles. The van der Waals surface area contributed by atoms with Crippen LogP contribution in [0, 0.1) is 6.92 Å². The lowest BCUT2D eigenvalue weighted by Gasteiger charge is -2.09. The molecular formula is C11H14O2. The van der Waals surface area contributed by atoms with Gasteiger partial charge in [-0.1, -0.05) is 18.2 Å². The van der Waals surface area contributed by atoms with E-state index < -0.39 is 12.0 Å². The topological polar surface area (TPSA) is 26.3 Å². The monoisotopic (exact) mass is 179 g/mol. The molecule has 1 rings (SSSR count). The number of hydrogen-bond acceptors (Lipinski definition) is 2. The number of aryl methyl sites for hydroxylation is 1. The van der Waals surface area contributed by atoms with E-state index in [4.69, 9.17) is 6.11 Å². The molecular weight excluding hydrogens is 164 g/mol. The molecule has 2 nitrogen and oxygen atoms in total. The highest BCUT2D eigenvalue weighted by atomic mass is 16.5. The Morgan fingerprint density at radius 1 is 1.46 bits per heavy atom. The first-order valence-electron chi connectivity index (χ1n) is 4.69. The van der Waals surface area contributed by atoms with Crippen molar-refractivity contribution in [1.82, 2.24) is 0 Å². The Bertz CT molecular complexity index is 339. The summed E-state index contributed by atoms with van der Waals surface area (Å²) in [6.45, 7) is 4.90. The highest BCUT2D eigenvalue weighted by Crippen LogP contribution is 2.09. The first-order chi connectivity index (χ1) is 6.40. The van der Waals surface area contributed by atoms with Crippen LogP contribution in [-0.2, 0) is 4.74 Å². The fraction of sp³-hybridized carbons (Fsp3) is 0.364. The van der Waals surface area contributed by atoms with E-state index in [9.17, 15) is 4.79 Å². The quantitative estimate of drug-likeness (QED) is 0.652. The minimum absolute atomic E-state index is 0.442. The minimum Gasteiger partial charge on any atom is -0.459 e. The standard InChI is InChI=1S/C11H14O2/c1-8(2)13-11(12)10-7-5-4-6-9(10)3/h4-8H,1-3H3/i8D. The Labute approximate surface area is 79.9 Å². The Hall–Kier alpha value is -1.31. The van der Waals surface area contributed by atoms with Gasteiger partial charge in [0.2, 0.25) is 0 Å². The van der Waals surface area contributed by atoms with Gasteiger partial charge in [-0.25, -0.2) is 4.79 Å². The summed E-state index contributed by atoms with van der Waals surface area (Å²) in [5.41, 5.74) is 1.38. The molecule has 1 aromatic rings. The van der Waals surface area contributed by atoms with E-state index in [1.54, 1.807) is 12.1 Å². The van der Waals surface area contributed by atoms with Crippen LogP contribution in [0.15, 0.2) is 24.3 Å². The largest absolute Gasteiger partial charge is 0.459 e. The first-order valence-corrected chi connectivity index (χ1v) is 4.19. The van der Waals surface area contributed by atoms with E-state index in [-0.39, 0.29) is 0 Å². The van der Waals surface area contributed by atoms with Crippen LogP contribution in [0.5, 0.6) is 0 Å². The summed E-state index contributed by atoms with van der Waals surface area (Å²) in [7, 11) is 0. The van der Waals surface area contributed by atoms with Gasteiger partial charge in [0.15, 0.2) is 0 Å². The van der Waals surface area contributed by atoms with Gasteiger partial charge in [-0.05, 0) is 32.4 Å². The number of ether oxygens (including phenoxy) is 1. The van der Waals surface area contributed by atoms with Crippen LogP contribution in [0.1, 0.15) is 31.1 Å². The molecule has 0 fully saturated rings. The number of benzene rings is 1. The van der Waals surface area contributed by atoms with E-state index >= 15 is 0 Å². The Morgan fingerprint density at radius 2 is 2.08 bits per heavy atom. The van der Waals surface area contributed by atoms with Gasteiger partial charge >= 0.3 is 5.97 Å². The summed E-state index contributed by atoms with van der Waals surface area (Å²) in [5, 5.41) is 0. The Kier molecular flexibility index (Phi) is 2.60. The molecule has 2 heteroatoms. The van der Waals surface area contributed by atoms with Crippen LogP contribution < -0.4 is 0 Å². The smallest absolute Gasteiger partial charge is 0.338 e. The van der Waals surface area contributed by atoms with E-state index in [1.807, 2.05) is 19.1 Å².